The van der Waals surface area contributed by atoms with Crippen LogP contribution in [-0.2, 0) is 7.05 Å². The number of nitrogen functional groups attached to an aromatic ring is 1. The number of aromatic amines is 1. The second-order valence-electron chi connectivity index (χ2n) is 7.27. The van der Waals surface area contributed by atoms with E-state index in [9.17, 15) is 4.79 Å². The molecule has 0 radical (unpaired) electrons. The molecular formula is C22H18ClN9O. The fraction of sp³-hybridized carbons (Fsp3) is 0.0455. The van der Waals surface area contributed by atoms with Crippen LogP contribution in [0.1, 0.15) is 0 Å². The number of urea groups is 1. The van der Waals surface area contributed by atoms with Crippen LogP contribution in [0.5, 0.6) is 0 Å². The Labute approximate surface area is 192 Å². The van der Waals surface area contributed by atoms with Gasteiger partial charge in [-0.15, -0.1) is 0 Å². The molecule has 10 nitrogen and oxygen atoms in total. The number of carbonyl (C=O) groups is 1. The maximum atomic E-state index is 12.5. The number of fused-ring (bicyclic) bond motifs is 1. The van der Waals surface area contributed by atoms with Gasteiger partial charge in [0.1, 0.15) is 17.1 Å². The van der Waals surface area contributed by atoms with Crippen LogP contribution in [0.2, 0.25) is 5.02 Å². The molecule has 2 amide bonds. The number of benzene rings is 2. The number of aromatic nitrogens is 6. The largest absolute Gasteiger partial charge is 0.381 e. The average molecular weight is 460 g/mol. The van der Waals surface area contributed by atoms with Crippen molar-refractivity contribution < 1.29 is 4.79 Å². The lowest BCUT2D eigenvalue weighted by molar-refractivity contribution is 0.262. The number of halogens is 1. The van der Waals surface area contributed by atoms with E-state index in [1.54, 1.807) is 48.4 Å². The smallest absolute Gasteiger partial charge is 0.324 e. The zero-order valence-electron chi connectivity index (χ0n) is 17.4. The van der Waals surface area contributed by atoms with Gasteiger partial charge in [0.25, 0.3) is 0 Å². The zero-order chi connectivity index (χ0) is 22.9. The van der Waals surface area contributed by atoms with Crippen molar-refractivity contribution in [2.24, 2.45) is 7.05 Å². The van der Waals surface area contributed by atoms with Crippen molar-refractivity contribution in [3.05, 3.63) is 65.9 Å². The Morgan fingerprint density at radius 2 is 1.91 bits per heavy atom. The third-order valence-electron chi connectivity index (χ3n) is 4.92. The van der Waals surface area contributed by atoms with Crippen LogP contribution in [0, 0.1) is 0 Å². The predicted molar refractivity (Wildman–Crippen MR) is 128 cm³/mol. The summed E-state index contributed by atoms with van der Waals surface area (Å²) in [5, 5.41) is 18.0. The number of aryl methyl sites for hydroxylation is 1. The van der Waals surface area contributed by atoms with Gasteiger partial charge in [0.15, 0.2) is 11.6 Å². The molecule has 0 fully saturated rings. The van der Waals surface area contributed by atoms with Gasteiger partial charge in [-0.2, -0.15) is 10.2 Å². The monoisotopic (exact) mass is 459 g/mol. The Hall–Kier alpha value is -4.44. The number of carbonyl (C=O) groups excluding carboxylic acids is 1. The van der Waals surface area contributed by atoms with E-state index in [1.807, 2.05) is 24.3 Å². The van der Waals surface area contributed by atoms with Crippen LogP contribution in [0.4, 0.5) is 22.1 Å². The van der Waals surface area contributed by atoms with Gasteiger partial charge in [-0.25, -0.2) is 14.8 Å². The van der Waals surface area contributed by atoms with Crippen molar-refractivity contribution in [1.82, 2.24) is 29.9 Å². The third kappa shape index (κ3) is 4.06. The minimum atomic E-state index is -0.498. The Bertz CT molecular complexity index is 1480. The SMILES string of the molecule is Cn1ccc(-c2nc(N)c(NC(=O)Nc3ccccc3)nc2-c2cc(Cl)c3[nH]ncc3c2)n1. The molecule has 0 atom stereocenters. The molecule has 2 aromatic carbocycles. The highest BCUT2D eigenvalue weighted by atomic mass is 35.5. The van der Waals surface area contributed by atoms with Crippen LogP contribution < -0.4 is 16.4 Å². The fourth-order valence-electron chi connectivity index (χ4n) is 3.40. The first-order valence-corrected chi connectivity index (χ1v) is 10.3. The molecule has 0 aliphatic carbocycles. The molecule has 3 heterocycles. The van der Waals surface area contributed by atoms with Gasteiger partial charge in [-0.1, -0.05) is 29.8 Å². The van der Waals surface area contributed by atoms with Crippen LogP contribution in [0.3, 0.4) is 0 Å². The normalized spacial score (nSPS) is 11.0. The summed E-state index contributed by atoms with van der Waals surface area (Å²) >= 11 is 6.46. The number of para-hydroxylation sites is 1. The number of H-pyrrole nitrogens is 1. The number of nitrogens with one attached hydrogen (secondary N) is 3. The summed E-state index contributed by atoms with van der Waals surface area (Å²) in [7, 11) is 1.80. The molecular weight excluding hydrogens is 442 g/mol. The first kappa shape index (κ1) is 20.5. The molecule has 5 rings (SSSR count). The second kappa shape index (κ2) is 8.24. The quantitative estimate of drug-likeness (QED) is 0.316. The minimum absolute atomic E-state index is 0.0538. The number of hydrogen-bond acceptors (Lipinski definition) is 6. The number of amides is 2. The highest BCUT2D eigenvalue weighted by Crippen LogP contribution is 2.35. The molecule has 0 aliphatic heterocycles. The Morgan fingerprint density at radius 1 is 1.09 bits per heavy atom. The molecule has 0 bridgehead atoms. The van der Waals surface area contributed by atoms with E-state index >= 15 is 0 Å². The highest BCUT2D eigenvalue weighted by Gasteiger charge is 2.20. The van der Waals surface area contributed by atoms with Crippen molar-refractivity contribution in [1.29, 1.82) is 0 Å². The van der Waals surface area contributed by atoms with E-state index in [0.29, 0.717) is 38.9 Å². The van der Waals surface area contributed by atoms with Crippen LogP contribution >= 0.6 is 11.6 Å². The number of nitrogens with two attached hydrogens (primary N) is 1. The molecule has 0 unspecified atom stereocenters. The molecule has 0 aliphatic rings. The van der Waals surface area contributed by atoms with E-state index < -0.39 is 6.03 Å². The summed E-state index contributed by atoms with van der Waals surface area (Å²) in [6.07, 6.45) is 3.46. The van der Waals surface area contributed by atoms with Gasteiger partial charge in [0.05, 0.1) is 16.7 Å². The summed E-state index contributed by atoms with van der Waals surface area (Å²) in [6, 6.07) is 14.0. The molecule has 164 valence electrons. The highest BCUT2D eigenvalue weighted by molar-refractivity contribution is 6.35. The van der Waals surface area contributed by atoms with E-state index in [-0.39, 0.29) is 11.6 Å². The number of anilines is 3. The summed E-state index contributed by atoms with van der Waals surface area (Å²) < 4.78 is 1.66. The summed E-state index contributed by atoms with van der Waals surface area (Å²) in [4.78, 5) is 21.7. The number of hydrogen-bond donors (Lipinski definition) is 4. The standard InChI is InChI=1S/C22H18ClN9O/c1-32-8-7-16(31-32)19-18(12-9-13-11-25-30-17(13)15(23)10-12)28-21(20(24)27-19)29-22(33)26-14-5-3-2-4-6-14/h2-11H,1H3,(H2,24,27)(H,25,30)(H2,26,28,29,33). The molecule has 5 aromatic rings. The third-order valence-corrected chi connectivity index (χ3v) is 5.21. The van der Waals surface area contributed by atoms with E-state index in [1.165, 1.54) is 0 Å². The minimum Gasteiger partial charge on any atom is -0.381 e. The topological polar surface area (TPSA) is 139 Å². The Morgan fingerprint density at radius 3 is 2.67 bits per heavy atom. The van der Waals surface area contributed by atoms with Gasteiger partial charge < -0.3 is 11.1 Å². The molecule has 3 aromatic heterocycles. The van der Waals surface area contributed by atoms with Crippen molar-refractivity contribution >= 4 is 45.9 Å². The first-order valence-electron chi connectivity index (χ1n) is 9.91. The van der Waals surface area contributed by atoms with E-state index in [2.05, 4.69) is 35.9 Å². The molecule has 0 spiro atoms. The lowest BCUT2D eigenvalue weighted by Crippen LogP contribution is -2.21. The van der Waals surface area contributed by atoms with Gasteiger partial charge in [-0.3, -0.25) is 15.1 Å². The number of nitrogens with zero attached hydrogens (tertiary/aromatic N) is 5. The van der Waals surface area contributed by atoms with E-state index in [0.717, 1.165) is 5.39 Å². The van der Waals surface area contributed by atoms with Crippen LogP contribution in [-0.4, -0.2) is 36.0 Å². The lowest BCUT2D eigenvalue weighted by atomic mass is 10.1. The van der Waals surface area contributed by atoms with Gasteiger partial charge in [0, 0.05) is 29.9 Å². The molecule has 0 saturated carbocycles. The predicted octanol–water partition coefficient (Wildman–Crippen LogP) is 4.30. The lowest BCUT2D eigenvalue weighted by Gasteiger charge is -2.13. The van der Waals surface area contributed by atoms with Crippen molar-refractivity contribution in [3.8, 4) is 22.6 Å². The van der Waals surface area contributed by atoms with Crippen LogP contribution in [0.15, 0.2) is 60.9 Å². The van der Waals surface area contributed by atoms with Crippen molar-refractivity contribution in [2.75, 3.05) is 16.4 Å². The van der Waals surface area contributed by atoms with E-state index in [4.69, 9.17) is 17.3 Å². The summed E-state index contributed by atoms with van der Waals surface area (Å²) in [5.74, 6) is 0.166. The Balaban J connectivity index is 1.59. The zero-order valence-corrected chi connectivity index (χ0v) is 18.1. The van der Waals surface area contributed by atoms with Crippen molar-refractivity contribution in [3.63, 3.8) is 0 Å². The van der Waals surface area contributed by atoms with Gasteiger partial charge >= 0.3 is 6.03 Å². The van der Waals surface area contributed by atoms with Crippen molar-refractivity contribution in [2.45, 2.75) is 0 Å². The molecule has 11 heteroatoms. The molecule has 33 heavy (non-hydrogen) atoms. The summed E-state index contributed by atoms with van der Waals surface area (Å²) in [6.45, 7) is 0. The van der Waals surface area contributed by atoms with Gasteiger partial charge in [-0.05, 0) is 30.3 Å². The number of rotatable bonds is 4. The van der Waals surface area contributed by atoms with Gasteiger partial charge in [0.2, 0.25) is 0 Å². The van der Waals surface area contributed by atoms with Crippen LogP contribution in [0.25, 0.3) is 33.5 Å². The first-order chi connectivity index (χ1) is 16.0. The molecule has 5 N–H and O–H groups in total. The maximum absolute atomic E-state index is 12.5. The average Bonchev–Trinajstić information content (AvgIpc) is 3.45. The molecule has 0 saturated heterocycles. The fourth-order valence-corrected chi connectivity index (χ4v) is 3.67. The Kier molecular flexibility index (Phi) is 5.11. The second-order valence-corrected chi connectivity index (χ2v) is 7.67. The summed E-state index contributed by atoms with van der Waals surface area (Å²) in [5.41, 5.74) is 9.68. The maximum Gasteiger partial charge on any atom is 0.324 e.